The van der Waals surface area contributed by atoms with Gasteiger partial charge in [-0.15, -0.1) is 0 Å². The Labute approximate surface area is 110 Å². The van der Waals surface area contributed by atoms with Gasteiger partial charge in [0.2, 0.25) is 0 Å². The van der Waals surface area contributed by atoms with Crippen LogP contribution in [0.5, 0.6) is 0 Å². The number of hydrogen-bond donors (Lipinski definition) is 2. The number of rotatable bonds is 3. The molecule has 16 heavy (non-hydrogen) atoms. The molecule has 0 amide bonds. The average Bonchev–Trinajstić information content (AvgIpc) is 3.02. The van der Waals surface area contributed by atoms with Crippen LogP contribution in [0.25, 0.3) is 0 Å². The highest BCUT2D eigenvalue weighted by atomic mass is 79.9. The first kappa shape index (κ1) is 11.9. The van der Waals surface area contributed by atoms with E-state index >= 15 is 0 Å². The Morgan fingerprint density at radius 3 is 2.56 bits per heavy atom. The van der Waals surface area contributed by atoms with Crippen molar-refractivity contribution >= 4 is 33.3 Å². The highest BCUT2D eigenvalue weighted by Crippen LogP contribution is 2.19. The maximum absolute atomic E-state index is 5.24. The van der Waals surface area contributed by atoms with E-state index in [2.05, 4.69) is 45.6 Å². The van der Waals surface area contributed by atoms with Crippen LogP contribution in [-0.2, 0) is 0 Å². The van der Waals surface area contributed by atoms with E-state index < -0.39 is 0 Å². The zero-order chi connectivity index (χ0) is 11.5. The van der Waals surface area contributed by atoms with Crippen molar-refractivity contribution in [1.82, 2.24) is 10.6 Å². The third kappa shape index (κ3) is 3.46. The van der Waals surface area contributed by atoms with Gasteiger partial charge < -0.3 is 10.6 Å². The molecular formula is C12H15BrN2S. The molecule has 0 aliphatic heterocycles. The smallest absolute Gasteiger partial charge is 0.166 e. The summed E-state index contributed by atoms with van der Waals surface area (Å²) in [6, 6.07) is 9.14. The molecule has 0 heterocycles. The molecule has 0 aromatic heterocycles. The van der Waals surface area contributed by atoms with E-state index in [9.17, 15) is 0 Å². The Bertz CT molecular complexity index is 373. The highest BCUT2D eigenvalue weighted by Gasteiger charge is 2.22. The molecule has 4 heteroatoms. The summed E-state index contributed by atoms with van der Waals surface area (Å²) in [6.07, 6.45) is 2.49. The minimum Gasteiger partial charge on any atom is -0.360 e. The standard InChI is InChI=1S/C12H15BrN2S/c1-8(9-2-4-10(13)5-3-9)14-12(16)15-11-6-7-11/h2-5,8,11H,6-7H2,1H3,(H2,14,15,16)/t8-/m0/s1. The molecule has 1 aromatic rings. The molecule has 0 bridgehead atoms. The van der Waals surface area contributed by atoms with Crippen LogP contribution in [0.4, 0.5) is 0 Å². The summed E-state index contributed by atoms with van der Waals surface area (Å²) in [6.45, 7) is 2.12. The van der Waals surface area contributed by atoms with Crippen molar-refractivity contribution in [3.8, 4) is 0 Å². The van der Waals surface area contributed by atoms with Gasteiger partial charge in [0.1, 0.15) is 0 Å². The minimum absolute atomic E-state index is 0.242. The van der Waals surface area contributed by atoms with Crippen molar-refractivity contribution in [1.29, 1.82) is 0 Å². The van der Waals surface area contributed by atoms with E-state index in [1.54, 1.807) is 0 Å². The van der Waals surface area contributed by atoms with Crippen LogP contribution >= 0.6 is 28.1 Å². The first-order valence-corrected chi connectivity index (χ1v) is 6.68. The molecule has 0 saturated heterocycles. The lowest BCUT2D eigenvalue weighted by Crippen LogP contribution is -2.37. The molecule has 2 rings (SSSR count). The lowest BCUT2D eigenvalue weighted by Gasteiger charge is -2.17. The van der Waals surface area contributed by atoms with Crippen molar-refractivity contribution in [2.24, 2.45) is 0 Å². The van der Waals surface area contributed by atoms with Gasteiger partial charge in [-0.2, -0.15) is 0 Å². The van der Waals surface area contributed by atoms with Gasteiger partial charge in [0.05, 0.1) is 6.04 Å². The lowest BCUT2D eigenvalue weighted by atomic mass is 10.1. The second-order valence-electron chi connectivity index (χ2n) is 4.17. The Morgan fingerprint density at radius 2 is 2.00 bits per heavy atom. The van der Waals surface area contributed by atoms with Crippen LogP contribution < -0.4 is 10.6 Å². The van der Waals surface area contributed by atoms with Gasteiger partial charge in [-0.25, -0.2) is 0 Å². The SMILES string of the molecule is C[C@H](NC(=S)NC1CC1)c1ccc(Br)cc1. The summed E-state index contributed by atoms with van der Waals surface area (Å²) in [7, 11) is 0. The molecule has 1 saturated carbocycles. The fraction of sp³-hybridized carbons (Fsp3) is 0.417. The van der Waals surface area contributed by atoms with Gasteiger partial charge in [0.25, 0.3) is 0 Å². The lowest BCUT2D eigenvalue weighted by molar-refractivity contribution is 0.697. The zero-order valence-electron chi connectivity index (χ0n) is 9.16. The molecule has 1 aliphatic rings. The average molecular weight is 299 g/mol. The van der Waals surface area contributed by atoms with E-state index in [0.717, 1.165) is 9.59 Å². The molecule has 1 aromatic carbocycles. The Hall–Kier alpha value is -0.610. The Balaban J connectivity index is 1.88. The van der Waals surface area contributed by atoms with Crippen LogP contribution in [0.1, 0.15) is 31.4 Å². The van der Waals surface area contributed by atoms with E-state index in [4.69, 9.17) is 12.2 Å². The van der Waals surface area contributed by atoms with Crippen LogP contribution in [0.15, 0.2) is 28.7 Å². The van der Waals surface area contributed by atoms with E-state index in [-0.39, 0.29) is 6.04 Å². The molecule has 0 unspecified atom stereocenters. The highest BCUT2D eigenvalue weighted by molar-refractivity contribution is 9.10. The molecule has 2 N–H and O–H groups in total. The van der Waals surface area contributed by atoms with Gasteiger partial charge in [0.15, 0.2) is 5.11 Å². The summed E-state index contributed by atoms with van der Waals surface area (Å²) < 4.78 is 1.10. The summed E-state index contributed by atoms with van der Waals surface area (Å²) in [4.78, 5) is 0. The van der Waals surface area contributed by atoms with Crippen molar-refractivity contribution in [3.63, 3.8) is 0 Å². The summed E-state index contributed by atoms with van der Waals surface area (Å²) in [5.41, 5.74) is 1.24. The van der Waals surface area contributed by atoms with Gasteiger partial charge in [-0.3, -0.25) is 0 Å². The predicted octanol–water partition coefficient (Wildman–Crippen LogP) is 3.14. The molecule has 86 valence electrons. The first-order valence-electron chi connectivity index (χ1n) is 5.47. The molecular weight excluding hydrogens is 284 g/mol. The van der Waals surface area contributed by atoms with E-state index in [1.165, 1.54) is 18.4 Å². The number of halogens is 1. The molecule has 0 radical (unpaired) electrons. The fourth-order valence-corrected chi connectivity index (χ4v) is 2.09. The van der Waals surface area contributed by atoms with E-state index in [0.29, 0.717) is 6.04 Å². The van der Waals surface area contributed by atoms with Gasteiger partial charge in [-0.05, 0) is 49.7 Å². The number of nitrogens with one attached hydrogen (secondary N) is 2. The maximum Gasteiger partial charge on any atom is 0.166 e. The third-order valence-corrected chi connectivity index (χ3v) is 3.39. The van der Waals surface area contributed by atoms with Crippen LogP contribution in [0, 0.1) is 0 Å². The number of benzene rings is 1. The quantitative estimate of drug-likeness (QED) is 0.839. The maximum atomic E-state index is 5.24. The van der Waals surface area contributed by atoms with Crippen LogP contribution in [0.3, 0.4) is 0 Å². The number of thiocarbonyl (C=S) groups is 1. The second-order valence-corrected chi connectivity index (χ2v) is 5.49. The largest absolute Gasteiger partial charge is 0.360 e. The zero-order valence-corrected chi connectivity index (χ0v) is 11.6. The summed E-state index contributed by atoms with van der Waals surface area (Å²) in [5.74, 6) is 0. The van der Waals surface area contributed by atoms with E-state index in [1.807, 2.05) is 12.1 Å². The molecule has 1 atom stereocenters. The first-order chi connectivity index (χ1) is 7.65. The van der Waals surface area contributed by atoms with Gasteiger partial charge in [0, 0.05) is 10.5 Å². The molecule has 1 aliphatic carbocycles. The predicted molar refractivity (Wildman–Crippen MR) is 74.4 cm³/mol. The van der Waals surface area contributed by atoms with Crippen molar-refractivity contribution in [2.75, 3.05) is 0 Å². The fourth-order valence-electron chi connectivity index (χ4n) is 1.49. The summed E-state index contributed by atoms with van der Waals surface area (Å²) >= 11 is 8.67. The second kappa shape index (κ2) is 5.15. The monoisotopic (exact) mass is 298 g/mol. The Morgan fingerprint density at radius 1 is 1.38 bits per heavy atom. The van der Waals surface area contributed by atoms with Crippen LogP contribution in [0.2, 0.25) is 0 Å². The summed E-state index contributed by atoms with van der Waals surface area (Å²) in [5, 5.41) is 7.33. The van der Waals surface area contributed by atoms with Crippen molar-refractivity contribution in [3.05, 3.63) is 34.3 Å². The normalized spacial score (nSPS) is 16.6. The molecule has 2 nitrogen and oxygen atoms in total. The van der Waals surface area contributed by atoms with Crippen LogP contribution in [-0.4, -0.2) is 11.2 Å². The van der Waals surface area contributed by atoms with Gasteiger partial charge >= 0.3 is 0 Å². The Kier molecular flexibility index (Phi) is 3.82. The van der Waals surface area contributed by atoms with Crippen molar-refractivity contribution < 1.29 is 0 Å². The third-order valence-electron chi connectivity index (χ3n) is 2.63. The topological polar surface area (TPSA) is 24.1 Å². The molecule has 1 fully saturated rings. The van der Waals surface area contributed by atoms with Crippen molar-refractivity contribution in [2.45, 2.75) is 31.8 Å². The van der Waals surface area contributed by atoms with Gasteiger partial charge in [-0.1, -0.05) is 28.1 Å². The number of hydrogen-bond acceptors (Lipinski definition) is 1. The molecule has 0 spiro atoms. The minimum atomic E-state index is 0.242.